The van der Waals surface area contributed by atoms with Gasteiger partial charge in [0.15, 0.2) is 12.4 Å². The largest absolute Gasteiger partial charge is 0.462 e. The van der Waals surface area contributed by atoms with Crippen LogP contribution < -0.4 is 0 Å². The van der Waals surface area contributed by atoms with E-state index in [-0.39, 0.29) is 26.1 Å². The summed E-state index contributed by atoms with van der Waals surface area (Å²) in [5.41, 5.74) is 0. The van der Waals surface area contributed by atoms with Gasteiger partial charge in [-0.3, -0.25) is 9.59 Å². The molecule has 2 unspecified atom stereocenters. The van der Waals surface area contributed by atoms with Crippen molar-refractivity contribution >= 4 is 11.9 Å². The number of allylic oxidation sites excluding steroid dienone is 10. The number of rotatable bonds is 34. The quantitative estimate of drug-likeness (QED) is 0.0284. The van der Waals surface area contributed by atoms with Crippen molar-refractivity contribution in [1.29, 1.82) is 0 Å². The predicted octanol–water partition coefficient (Wildman–Crippen LogP) is 8.66. The van der Waals surface area contributed by atoms with Crippen molar-refractivity contribution in [2.24, 2.45) is 0 Å². The summed E-state index contributed by atoms with van der Waals surface area (Å²) in [6.07, 6.45) is 35.2. The summed E-state index contributed by atoms with van der Waals surface area (Å²) < 4.78 is 22.0. The van der Waals surface area contributed by atoms with Gasteiger partial charge >= 0.3 is 11.9 Å². The smallest absolute Gasteiger partial charge is 0.306 e. The molecule has 0 aromatic heterocycles. The summed E-state index contributed by atoms with van der Waals surface area (Å²) in [6, 6.07) is 0. The highest BCUT2D eigenvalue weighted by Crippen LogP contribution is 2.22. The Morgan fingerprint density at radius 2 is 1.02 bits per heavy atom. The first-order valence-corrected chi connectivity index (χ1v) is 21.4. The Kier molecular flexibility index (Phi) is 32.8. The molecule has 0 aromatic carbocycles. The molecule has 0 aromatic rings. The molecule has 0 bridgehead atoms. The number of aliphatic hydroxyl groups is 4. The first kappa shape index (κ1) is 50.4. The summed E-state index contributed by atoms with van der Waals surface area (Å²) in [4.78, 5) is 25.2. The molecular weight excluding hydrogens is 700 g/mol. The Bertz CT molecular complexity index is 1080. The molecule has 1 saturated heterocycles. The molecule has 6 atom stereocenters. The Balaban J connectivity index is 2.42. The van der Waals surface area contributed by atoms with Crippen LogP contribution in [0.25, 0.3) is 0 Å². The predicted molar refractivity (Wildman–Crippen MR) is 219 cm³/mol. The van der Waals surface area contributed by atoms with Crippen molar-refractivity contribution in [3.05, 3.63) is 60.8 Å². The van der Waals surface area contributed by atoms with Gasteiger partial charge in [-0.2, -0.15) is 0 Å². The molecule has 0 saturated carbocycles. The lowest BCUT2D eigenvalue weighted by Crippen LogP contribution is -2.59. The zero-order chi connectivity index (χ0) is 40.2. The van der Waals surface area contributed by atoms with Crippen LogP contribution in [0.4, 0.5) is 0 Å². The summed E-state index contributed by atoms with van der Waals surface area (Å²) in [7, 11) is 0. The molecule has 0 aliphatic carbocycles. The second-order valence-electron chi connectivity index (χ2n) is 14.4. The zero-order valence-electron chi connectivity index (χ0n) is 34.2. The molecule has 0 radical (unpaired) electrons. The zero-order valence-corrected chi connectivity index (χ0v) is 34.2. The molecule has 1 aliphatic heterocycles. The lowest BCUT2D eigenvalue weighted by Gasteiger charge is -2.39. The third-order valence-electron chi connectivity index (χ3n) is 9.38. The number of unbranched alkanes of at least 4 members (excludes halogenated alkanes) is 13. The van der Waals surface area contributed by atoms with E-state index in [1.165, 1.54) is 57.8 Å². The van der Waals surface area contributed by atoms with Crippen molar-refractivity contribution in [1.82, 2.24) is 0 Å². The highest BCUT2D eigenvalue weighted by Gasteiger charge is 2.44. The van der Waals surface area contributed by atoms with Gasteiger partial charge < -0.3 is 39.4 Å². The Labute approximate surface area is 332 Å². The first-order valence-electron chi connectivity index (χ1n) is 21.4. The van der Waals surface area contributed by atoms with Gasteiger partial charge in [-0.05, 0) is 83.5 Å². The highest BCUT2D eigenvalue weighted by atomic mass is 16.7. The van der Waals surface area contributed by atoms with Gasteiger partial charge in [0.05, 0.1) is 13.2 Å². The average Bonchev–Trinajstić information content (AvgIpc) is 3.18. The molecule has 0 amide bonds. The van der Waals surface area contributed by atoms with E-state index in [0.29, 0.717) is 12.8 Å². The number of ether oxygens (including phenoxy) is 4. The van der Waals surface area contributed by atoms with Gasteiger partial charge in [-0.25, -0.2) is 0 Å². The summed E-state index contributed by atoms with van der Waals surface area (Å²) in [6.45, 7) is 3.29. The SMILES string of the molecule is CCCCC/C=C/C/C=C/C/C=C/CCCCC(=O)O[C@@H](COC(=O)CCCC/C=C/C/C=C/CCCCCCCC)CO[C@H]1O[C@@H](CO)[C@@H](O)C(O)C1O. The average molecular weight is 777 g/mol. The Hall–Kier alpha value is -2.60. The number of aliphatic hydroxyl groups excluding tert-OH is 4. The Morgan fingerprint density at radius 3 is 1.56 bits per heavy atom. The first-order chi connectivity index (χ1) is 26.8. The third kappa shape index (κ3) is 27.6. The molecule has 1 aliphatic rings. The lowest BCUT2D eigenvalue weighted by atomic mass is 9.99. The normalized spacial score (nSPS) is 21.2. The second kappa shape index (κ2) is 35.8. The number of hydrogen-bond acceptors (Lipinski definition) is 10. The fraction of sp³-hybridized carbons (Fsp3) is 0.733. The van der Waals surface area contributed by atoms with Crippen molar-refractivity contribution in [3.63, 3.8) is 0 Å². The van der Waals surface area contributed by atoms with E-state index in [1.807, 2.05) is 0 Å². The maximum absolute atomic E-state index is 12.7. The Morgan fingerprint density at radius 1 is 0.564 bits per heavy atom. The number of esters is 2. The van der Waals surface area contributed by atoms with E-state index in [0.717, 1.165) is 57.8 Å². The van der Waals surface area contributed by atoms with Crippen LogP contribution in [0.5, 0.6) is 0 Å². The van der Waals surface area contributed by atoms with Gasteiger partial charge in [0.25, 0.3) is 0 Å². The van der Waals surface area contributed by atoms with Crippen LogP contribution >= 0.6 is 0 Å². The molecule has 1 heterocycles. The molecule has 10 nitrogen and oxygen atoms in total. The third-order valence-corrected chi connectivity index (χ3v) is 9.38. The van der Waals surface area contributed by atoms with Crippen LogP contribution in [0.2, 0.25) is 0 Å². The van der Waals surface area contributed by atoms with E-state index >= 15 is 0 Å². The van der Waals surface area contributed by atoms with E-state index < -0.39 is 55.4 Å². The number of hydrogen-bond donors (Lipinski definition) is 4. The van der Waals surface area contributed by atoms with Gasteiger partial charge in [-0.15, -0.1) is 0 Å². The van der Waals surface area contributed by atoms with Crippen molar-refractivity contribution in [3.8, 4) is 0 Å². The van der Waals surface area contributed by atoms with Gasteiger partial charge in [-0.1, -0.05) is 120 Å². The molecule has 1 rings (SSSR count). The molecule has 10 heteroatoms. The molecule has 0 spiro atoms. The fourth-order valence-electron chi connectivity index (χ4n) is 5.93. The van der Waals surface area contributed by atoms with Crippen LogP contribution in [-0.4, -0.2) is 89.0 Å². The number of carbonyl (C=O) groups excluding carboxylic acids is 2. The van der Waals surface area contributed by atoms with Crippen LogP contribution in [0, 0.1) is 0 Å². The summed E-state index contributed by atoms with van der Waals surface area (Å²) in [5.74, 6) is -0.895. The minimum Gasteiger partial charge on any atom is -0.462 e. The van der Waals surface area contributed by atoms with Crippen LogP contribution in [0.3, 0.4) is 0 Å². The molecular formula is C45H76O10. The van der Waals surface area contributed by atoms with E-state index in [9.17, 15) is 30.0 Å². The summed E-state index contributed by atoms with van der Waals surface area (Å²) in [5, 5.41) is 40.0. The maximum atomic E-state index is 12.7. The fourth-order valence-corrected chi connectivity index (χ4v) is 5.93. The van der Waals surface area contributed by atoms with Crippen LogP contribution in [0.15, 0.2) is 60.8 Å². The molecule has 1 fully saturated rings. The number of carbonyl (C=O) groups is 2. The molecule has 4 N–H and O–H groups in total. The minimum absolute atomic E-state index is 0.172. The molecule has 316 valence electrons. The lowest BCUT2D eigenvalue weighted by molar-refractivity contribution is -0.305. The van der Waals surface area contributed by atoms with Crippen molar-refractivity contribution in [2.75, 3.05) is 19.8 Å². The van der Waals surface area contributed by atoms with Crippen molar-refractivity contribution < 1.29 is 49.0 Å². The van der Waals surface area contributed by atoms with Gasteiger partial charge in [0.2, 0.25) is 0 Å². The molecule has 55 heavy (non-hydrogen) atoms. The van der Waals surface area contributed by atoms with Crippen LogP contribution in [0.1, 0.15) is 155 Å². The van der Waals surface area contributed by atoms with Gasteiger partial charge in [0.1, 0.15) is 31.0 Å². The van der Waals surface area contributed by atoms with E-state index in [1.54, 1.807) is 0 Å². The van der Waals surface area contributed by atoms with Crippen molar-refractivity contribution in [2.45, 2.75) is 192 Å². The monoisotopic (exact) mass is 777 g/mol. The van der Waals surface area contributed by atoms with Crippen LogP contribution in [-0.2, 0) is 28.5 Å². The van der Waals surface area contributed by atoms with E-state index in [4.69, 9.17) is 18.9 Å². The van der Waals surface area contributed by atoms with E-state index in [2.05, 4.69) is 74.6 Å². The standard InChI is InChI=1S/C45H76O10/c1-3-5-7-9-11-13-15-17-19-21-23-25-27-29-31-33-40(47)52-36-38(37-53-45-44(51)43(50)42(49)39(35-46)55-45)54-41(48)34-32-30-28-26-24-22-20-18-16-14-12-10-8-6-4-2/h12,14,17-20,23-26,38-39,42-46,49-51H,3-11,13,15-16,21-22,27-37H2,1-2H3/b14-12+,19-17+,20-18+,25-23+,26-24+/t38-,39-,42+,43?,44?,45-/m0/s1. The minimum atomic E-state index is -1.61. The highest BCUT2D eigenvalue weighted by molar-refractivity contribution is 5.70. The van der Waals surface area contributed by atoms with Gasteiger partial charge in [0, 0.05) is 12.8 Å². The maximum Gasteiger partial charge on any atom is 0.306 e. The second-order valence-corrected chi connectivity index (χ2v) is 14.4. The topological polar surface area (TPSA) is 152 Å². The summed E-state index contributed by atoms with van der Waals surface area (Å²) >= 11 is 0.